The molecule has 0 bridgehead atoms. The van der Waals surface area contributed by atoms with Gasteiger partial charge in [-0.15, -0.1) is 11.3 Å². The van der Waals surface area contributed by atoms with Crippen molar-refractivity contribution in [2.24, 2.45) is 0 Å². The molecule has 5 rings (SSSR count). The summed E-state index contributed by atoms with van der Waals surface area (Å²) in [6.45, 7) is 2.03. The minimum Gasteiger partial charge on any atom is -0.422 e. The Bertz CT molecular complexity index is 1440. The first-order valence-corrected chi connectivity index (χ1v) is 9.84. The number of thiazole rings is 1. The molecule has 3 aromatic heterocycles. The van der Waals surface area contributed by atoms with E-state index in [9.17, 15) is 9.59 Å². The van der Waals surface area contributed by atoms with Crippen LogP contribution >= 0.6 is 11.3 Å². The molecule has 0 aliphatic rings. The van der Waals surface area contributed by atoms with E-state index in [4.69, 9.17) is 4.42 Å². The van der Waals surface area contributed by atoms with E-state index in [1.165, 1.54) is 0 Å². The number of anilines is 1. The van der Waals surface area contributed by atoms with Gasteiger partial charge in [0.2, 0.25) is 0 Å². The standard InChI is InChI=1S/C22H15N3O3S/c1-13-12-29-22-24-18(11-25(13)22)14-6-4-7-16(9-14)23-20(26)17-10-15-5-2-3-8-19(15)28-21(17)27/h2-12H,1H3,(H,23,26). The predicted molar refractivity (Wildman–Crippen MR) is 114 cm³/mol. The highest BCUT2D eigenvalue weighted by Gasteiger charge is 2.15. The summed E-state index contributed by atoms with van der Waals surface area (Å²) < 4.78 is 7.29. The van der Waals surface area contributed by atoms with Crippen LogP contribution in [-0.2, 0) is 0 Å². The number of nitrogens with zero attached hydrogens (tertiary/aromatic N) is 2. The Labute approximate surface area is 169 Å². The average Bonchev–Trinajstić information content (AvgIpc) is 3.30. The number of aromatic nitrogens is 2. The van der Waals surface area contributed by atoms with E-state index in [2.05, 4.69) is 15.7 Å². The van der Waals surface area contributed by atoms with Crippen molar-refractivity contribution in [3.63, 3.8) is 0 Å². The molecule has 0 saturated carbocycles. The van der Waals surface area contributed by atoms with Crippen molar-refractivity contribution >= 4 is 38.9 Å². The number of carbonyl (C=O) groups excluding carboxylic acids is 1. The Morgan fingerprint density at radius 2 is 2.00 bits per heavy atom. The summed E-state index contributed by atoms with van der Waals surface area (Å²) in [5.74, 6) is -0.511. The molecule has 0 fully saturated rings. The third-order valence-corrected chi connectivity index (χ3v) is 5.65. The van der Waals surface area contributed by atoms with Crippen molar-refractivity contribution in [1.82, 2.24) is 9.38 Å². The van der Waals surface area contributed by atoms with E-state index in [1.54, 1.807) is 41.7 Å². The van der Waals surface area contributed by atoms with Crippen LogP contribution in [0.3, 0.4) is 0 Å². The molecule has 0 aliphatic carbocycles. The molecular weight excluding hydrogens is 386 g/mol. The van der Waals surface area contributed by atoms with Crippen molar-refractivity contribution < 1.29 is 9.21 Å². The molecule has 5 aromatic rings. The van der Waals surface area contributed by atoms with Gasteiger partial charge >= 0.3 is 5.63 Å². The topological polar surface area (TPSA) is 76.6 Å². The molecule has 0 radical (unpaired) electrons. The molecule has 1 N–H and O–H groups in total. The lowest BCUT2D eigenvalue weighted by atomic mass is 10.1. The molecule has 1 amide bonds. The van der Waals surface area contributed by atoms with Crippen LogP contribution in [0.15, 0.2) is 75.4 Å². The Morgan fingerprint density at radius 1 is 1.14 bits per heavy atom. The van der Waals surface area contributed by atoms with Gasteiger partial charge in [0, 0.05) is 33.9 Å². The molecule has 142 valence electrons. The summed E-state index contributed by atoms with van der Waals surface area (Å²) in [5.41, 5.74) is 3.15. The third-order valence-electron chi connectivity index (χ3n) is 4.69. The zero-order valence-electron chi connectivity index (χ0n) is 15.4. The lowest BCUT2D eigenvalue weighted by Gasteiger charge is -2.06. The molecule has 7 heteroatoms. The summed E-state index contributed by atoms with van der Waals surface area (Å²) in [6.07, 6.45) is 1.97. The van der Waals surface area contributed by atoms with Gasteiger partial charge in [-0.25, -0.2) is 9.78 Å². The molecule has 0 saturated heterocycles. The molecule has 2 aromatic carbocycles. The number of fused-ring (bicyclic) bond motifs is 2. The number of hydrogen-bond acceptors (Lipinski definition) is 5. The van der Waals surface area contributed by atoms with E-state index in [0.29, 0.717) is 16.7 Å². The maximum Gasteiger partial charge on any atom is 0.349 e. The second kappa shape index (κ2) is 6.72. The monoisotopic (exact) mass is 401 g/mol. The number of imidazole rings is 1. The van der Waals surface area contributed by atoms with Crippen LogP contribution in [0.4, 0.5) is 5.69 Å². The van der Waals surface area contributed by atoms with E-state index < -0.39 is 11.5 Å². The van der Waals surface area contributed by atoms with Gasteiger partial charge in [0.25, 0.3) is 5.91 Å². The molecule has 0 aliphatic heterocycles. The fraction of sp³-hybridized carbons (Fsp3) is 0.0455. The highest BCUT2D eigenvalue weighted by Crippen LogP contribution is 2.25. The molecule has 3 heterocycles. The second-order valence-electron chi connectivity index (χ2n) is 6.68. The fourth-order valence-corrected chi connectivity index (χ4v) is 4.06. The van der Waals surface area contributed by atoms with Crippen molar-refractivity contribution in [2.75, 3.05) is 5.32 Å². The molecular formula is C22H15N3O3S. The van der Waals surface area contributed by atoms with Gasteiger partial charge < -0.3 is 9.73 Å². The van der Waals surface area contributed by atoms with Crippen molar-refractivity contribution in [2.45, 2.75) is 6.92 Å². The highest BCUT2D eigenvalue weighted by molar-refractivity contribution is 7.15. The zero-order valence-corrected chi connectivity index (χ0v) is 16.2. The van der Waals surface area contributed by atoms with Gasteiger partial charge in [-0.1, -0.05) is 30.3 Å². The number of benzene rings is 2. The van der Waals surface area contributed by atoms with Gasteiger partial charge in [-0.3, -0.25) is 9.20 Å². The van der Waals surface area contributed by atoms with Crippen LogP contribution in [-0.4, -0.2) is 15.3 Å². The van der Waals surface area contributed by atoms with E-state index in [-0.39, 0.29) is 5.56 Å². The van der Waals surface area contributed by atoms with Crippen LogP contribution in [0.25, 0.3) is 27.2 Å². The van der Waals surface area contributed by atoms with Crippen LogP contribution in [0.1, 0.15) is 16.1 Å². The molecule has 0 unspecified atom stereocenters. The number of rotatable bonds is 3. The minimum atomic E-state index is -0.665. The largest absolute Gasteiger partial charge is 0.422 e. The van der Waals surface area contributed by atoms with E-state index in [1.807, 2.05) is 41.8 Å². The Balaban J connectivity index is 1.46. The first-order chi connectivity index (χ1) is 14.1. The molecule has 0 spiro atoms. The fourth-order valence-electron chi connectivity index (χ4n) is 3.21. The average molecular weight is 401 g/mol. The van der Waals surface area contributed by atoms with Crippen molar-refractivity contribution in [3.05, 3.63) is 87.9 Å². The summed E-state index contributed by atoms with van der Waals surface area (Å²) >= 11 is 1.58. The van der Waals surface area contributed by atoms with Crippen LogP contribution in [0, 0.1) is 6.92 Å². The summed E-state index contributed by atoms with van der Waals surface area (Å²) in [4.78, 5) is 30.4. The third kappa shape index (κ3) is 3.11. The first-order valence-electron chi connectivity index (χ1n) is 8.96. The molecule has 29 heavy (non-hydrogen) atoms. The number of para-hydroxylation sites is 1. The van der Waals surface area contributed by atoms with Crippen LogP contribution in [0.2, 0.25) is 0 Å². The first kappa shape index (κ1) is 17.4. The maximum absolute atomic E-state index is 12.7. The summed E-state index contributed by atoms with van der Waals surface area (Å²) in [7, 11) is 0. The molecule has 0 atom stereocenters. The van der Waals surface area contributed by atoms with Gasteiger partial charge in [-0.05, 0) is 31.2 Å². The maximum atomic E-state index is 12.7. The second-order valence-corrected chi connectivity index (χ2v) is 7.51. The number of amides is 1. The number of hydrogen-bond donors (Lipinski definition) is 1. The predicted octanol–water partition coefficient (Wildman–Crippen LogP) is 4.73. The number of nitrogens with one attached hydrogen (secondary N) is 1. The lowest BCUT2D eigenvalue weighted by molar-refractivity contribution is 0.102. The summed E-state index contributed by atoms with van der Waals surface area (Å²) in [5, 5.41) is 5.53. The quantitative estimate of drug-likeness (QED) is 0.444. The SMILES string of the molecule is Cc1csc2nc(-c3cccc(NC(=O)c4cc5ccccc5oc4=O)c3)cn12. The summed E-state index contributed by atoms with van der Waals surface area (Å²) in [6, 6.07) is 16.0. The van der Waals surface area contributed by atoms with Crippen molar-refractivity contribution in [1.29, 1.82) is 0 Å². The van der Waals surface area contributed by atoms with Gasteiger partial charge in [0.1, 0.15) is 11.1 Å². The van der Waals surface area contributed by atoms with E-state index >= 15 is 0 Å². The minimum absolute atomic E-state index is 0.0350. The highest BCUT2D eigenvalue weighted by atomic mass is 32.1. The zero-order chi connectivity index (χ0) is 20.0. The lowest BCUT2D eigenvalue weighted by Crippen LogP contribution is -2.20. The smallest absolute Gasteiger partial charge is 0.349 e. The normalized spacial score (nSPS) is 11.2. The van der Waals surface area contributed by atoms with E-state index in [0.717, 1.165) is 21.9 Å². The molecule has 6 nitrogen and oxygen atoms in total. The van der Waals surface area contributed by atoms with Crippen LogP contribution < -0.4 is 10.9 Å². The Hall–Kier alpha value is -3.71. The number of aryl methyl sites for hydroxylation is 1. The van der Waals surface area contributed by atoms with Gasteiger partial charge in [0.05, 0.1) is 5.69 Å². The van der Waals surface area contributed by atoms with Crippen molar-refractivity contribution in [3.8, 4) is 11.3 Å². The van der Waals surface area contributed by atoms with Crippen LogP contribution in [0.5, 0.6) is 0 Å². The Kier molecular flexibility index (Phi) is 4.03. The number of carbonyl (C=O) groups is 1. The Morgan fingerprint density at radius 3 is 2.86 bits per heavy atom. The van der Waals surface area contributed by atoms with Gasteiger partial charge in [0.15, 0.2) is 4.96 Å². The van der Waals surface area contributed by atoms with Gasteiger partial charge in [-0.2, -0.15) is 0 Å².